The van der Waals surface area contributed by atoms with Gasteiger partial charge in [0.25, 0.3) is 0 Å². The van der Waals surface area contributed by atoms with E-state index in [1.807, 2.05) is 0 Å². The molecule has 0 spiro atoms. The predicted molar refractivity (Wildman–Crippen MR) is 75.4 cm³/mol. The van der Waals surface area contributed by atoms with Crippen molar-refractivity contribution in [3.8, 4) is 0 Å². The fourth-order valence-electron chi connectivity index (χ4n) is 2.10. The highest BCUT2D eigenvalue weighted by molar-refractivity contribution is 7.89. The van der Waals surface area contributed by atoms with Crippen LogP contribution in [0.25, 0.3) is 0 Å². The monoisotopic (exact) mass is 288 g/mol. The number of nitrogens with zero attached hydrogens (tertiary/aromatic N) is 2. The molecule has 0 saturated carbocycles. The molecule has 0 aliphatic rings. The van der Waals surface area contributed by atoms with Crippen molar-refractivity contribution in [2.75, 3.05) is 6.54 Å². The minimum absolute atomic E-state index is 0.219. The number of aryl methyl sites for hydroxylation is 2. The van der Waals surface area contributed by atoms with Crippen molar-refractivity contribution in [2.24, 2.45) is 12.8 Å². The molecular weight excluding hydrogens is 264 g/mol. The van der Waals surface area contributed by atoms with E-state index < -0.39 is 10.0 Å². The summed E-state index contributed by atoms with van der Waals surface area (Å²) in [7, 11) is -1.82. The van der Waals surface area contributed by atoms with Crippen molar-refractivity contribution in [1.29, 1.82) is 0 Å². The van der Waals surface area contributed by atoms with E-state index in [2.05, 4.69) is 16.7 Å². The van der Waals surface area contributed by atoms with Crippen molar-refractivity contribution < 1.29 is 8.42 Å². The van der Waals surface area contributed by atoms with E-state index in [4.69, 9.17) is 5.73 Å². The molecule has 3 N–H and O–H groups in total. The molecule has 0 bridgehead atoms. The highest BCUT2D eigenvalue weighted by Crippen LogP contribution is 2.19. The third-order valence-corrected chi connectivity index (χ3v) is 5.00. The molecule has 19 heavy (non-hydrogen) atoms. The van der Waals surface area contributed by atoms with E-state index in [-0.39, 0.29) is 10.9 Å². The van der Waals surface area contributed by atoms with Crippen LogP contribution in [0.15, 0.2) is 4.90 Å². The minimum atomic E-state index is -3.56. The van der Waals surface area contributed by atoms with Gasteiger partial charge in [-0.25, -0.2) is 13.1 Å². The summed E-state index contributed by atoms with van der Waals surface area (Å²) in [5, 5.41) is 4.14. The van der Waals surface area contributed by atoms with Crippen LogP contribution in [0.4, 0.5) is 0 Å². The molecule has 1 aromatic rings. The van der Waals surface area contributed by atoms with Crippen LogP contribution in [0.2, 0.25) is 0 Å². The van der Waals surface area contributed by atoms with Crippen molar-refractivity contribution in [3.63, 3.8) is 0 Å². The number of hydrogen-bond donors (Lipinski definition) is 2. The van der Waals surface area contributed by atoms with Crippen LogP contribution in [0, 0.1) is 13.8 Å². The summed E-state index contributed by atoms with van der Waals surface area (Å²) in [4.78, 5) is 0.268. The van der Waals surface area contributed by atoms with Gasteiger partial charge in [0.05, 0.1) is 11.4 Å². The summed E-state index contributed by atoms with van der Waals surface area (Å²) in [6.45, 7) is 5.82. The topological polar surface area (TPSA) is 90.0 Å². The molecule has 1 unspecified atom stereocenters. The zero-order chi connectivity index (χ0) is 14.6. The Kier molecular flexibility index (Phi) is 5.51. The van der Waals surface area contributed by atoms with Gasteiger partial charge < -0.3 is 5.73 Å². The Morgan fingerprint density at radius 1 is 1.42 bits per heavy atom. The molecule has 7 heteroatoms. The molecule has 0 amide bonds. The Hall–Kier alpha value is -0.920. The first-order chi connectivity index (χ1) is 8.83. The highest BCUT2D eigenvalue weighted by Gasteiger charge is 2.25. The third kappa shape index (κ3) is 3.77. The molecule has 6 nitrogen and oxygen atoms in total. The van der Waals surface area contributed by atoms with Crippen LogP contribution in [0.1, 0.15) is 37.6 Å². The van der Waals surface area contributed by atoms with Crippen molar-refractivity contribution in [1.82, 2.24) is 14.5 Å². The normalized spacial score (nSPS) is 13.7. The van der Waals surface area contributed by atoms with E-state index >= 15 is 0 Å². The summed E-state index contributed by atoms with van der Waals surface area (Å²) >= 11 is 0. The second-order valence-corrected chi connectivity index (χ2v) is 6.47. The summed E-state index contributed by atoms with van der Waals surface area (Å²) in [6, 6.07) is -0.219. The summed E-state index contributed by atoms with van der Waals surface area (Å²) in [5.41, 5.74) is 6.78. The molecule has 1 aromatic heterocycles. The largest absolute Gasteiger partial charge is 0.329 e. The summed E-state index contributed by atoms with van der Waals surface area (Å²) in [6.07, 6.45) is 2.73. The number of hydrogen-bond acceptors (Lipinski definition) is 4. The summed E-state index contributed by atoms with van der Waals surface area (Å²) in [5.74, 6) is 0. The van der Waals surface area contributed by atoms with E-state index in [9.17, 15) is 8.42 Å². The van der Waals surface area contributed by atoms with Crippen LogP contribution in [-0.4, -0.2) is 30.8 Å². The number of nitrogens with two attached hydrogens (primary N) is 1. The lowest BCUT2D eigenvalue weighted by molar-refractivity contribution is 0.515. The molecule has 1 rings (SSSR count). The van der Waals surface area contributed by atoms with Gasteiger partial charge in [0.2, 0.25) is 10.0 Å². The Labute approximate surface area is 115 Å². The fraction of sp³-hybridized carbons (Fsp3) is 0.750. The zero-order valence-corrected chi connectivity index (χ0v) is 12.9. The number of aromatic nitrogens is 2. The van der Waals surface area contributed by atoms with Gasteiger partial charge in [-0.05, 0) is 20.3 Å². The highest BCUT2D eigenvalue weighted by atomic mass is 32.2. The maximum atomic E-state index is 12.4. The summed E-state index contributed by atoms with van der Waals surface area (Å²) < 4.78 is 29.1. The van der Waals surface area contributed by atoms with Gasteiger partial charge in [0.15, 0.2) is 0 Å². The molecule has 0 aromatic carbocycles. The predicted octanol–water partition coefficient (Wildman–Crippen LogP) is 0.833. The van der Waals surface area contributed by atoms with Crippen LogP contribution in [-0.2, 0) is 17.1 Å². The lowest BCUT2D eigenvalue weighted by Gasteiger charge is -2.16. The molecule has 0 aliphatic heterocycles. The average molecular weight is 288 g/mol. The van der Waals surface area contributed by atoms with Crippen LogP contribution >= 0.6 is 0 Å². The zero-order valence-electron chi connectivity index (χ0n) is 12.1. The van der Waals surface area contributed by atoms with Gasteiger partial charge in [-0.15, -0.1) is 0 Å². The Bertz CT molecular complexity index is 522. The lowest BCUT2D eigenvalue weighted by atomic mass is 10.1. The van der Waals surface area contributed by atoms with Gasteiger partial charge in [0, 0.05) is 19.6 Å². The Morgan fingerprint density at radius 2 is 2.05 bits per heavy atom. The molecule has 0 fully saturated rings. The van der Waals surface area contributed by atoms with E-state index in [1.54, 1.807) is 25.6 Å². The van der Waals surface area contributed by atoms with Gasteiger partial charge in [0.1, 0.15) is 4.90 Å². The van der Waals surface area contributed by atoms with Crippen LogP contribution in [0.5, 0.6) is 0 Å². The SMILES string of the molecule is CCCCC(CN)NS(=O)(=O)c1c(C)nn(C)c1C. The number of sulfonamides is 1. The van der Waals surface area contributed by atoms with Gasteiger partial charge in [-0.3, -0.25) is 4.68 Å². The van der Waals surface area contributed by atoms with Crippen molar-refractivity contribution in [3.05, 3.63) is 11.4 Å². The number of rotatable bonds is 7. The first kappa shape index (κ1) is 16.1. The third-order valence-electron chi connectivity index (χ3n) is 3.22. The van der Waals surface area contributed by atoms with Crippen LogP contribution < -0.4 is 10.5 Å². The lowest BCUT2D eigenvalue weighted by Crippen LogP contribution is -2.40. The quantitative estimate of drug-likeness (QED) is 0.777. The first-order valence-corrected chi connectivity index (χ1v) is 8.04. The maximum Gasteiger partial charge on any atom is 0.244 e. The molecule has 1 atom stereocenters. The van der Waals surface area contributed by atoms with E-state index in [0.29, 0.717) is 17.9 Å². The maximum absolute atomic E-state index is 12.4. The standard InChI is InChI=1S/C12H24N4O2S/c1-5-6-7-11(8-13)15-19(17,18)12-9(2)14-16(4)10(12)3/h11,15H,5-8,13H2,1-4H3. The fourth-order valence-corrected chi connectivity index (χ4v) is 3.82. The molecule has 0 aliphatic carbocycles. The number of unbranched alkanes of at least 4 members (excludes halogenated alkanes) is 1. The average Bonchev–Trinajstić information content (AvgIpc) is 2.59. The molecular formula is C12H24N4O2S. The molecule has 1 heterocycles. The van der Waals surface area contributed by atoms with E-state index in [1.165, 1.54) is 0 Å². The van der Waals surface area contributed by atoms with Crippen LogP contribution in [0.3, 0.4) is 0 Å². The molecule has 0 saturated heterocycles. The Morgan fingerprint density at radius 3 is 2.47 bits per heavy atom. The molecule has 110 valence electrons. The second-order valence-electron chi connectivity index (χ2n) is 4.82. The second kappa shape index (κ2) is 6.49. The van der Waals surface area contributed by atoms with Crippen molar-refractivity contribution in [2.45, 2.75) is 51.0 Å². The Balaban J connectivity index is 2.97. The molecule has 0 radical (unpaired) electrons. The van der Waals surface area contributed by atoms with E-state index in [0.717, 1.165) is 19.3 Å². The number of nitrogens with one attached hydrogen (secondary N) is 1. The van der Waals surface area contributed by atoms with Gasteiger partial charge in [-0.1, -0.05) is 19.8 Å². The van der Waals surface area contributed by atoms with Gasteiger partial charge in [-0.2, -0.15) is 5.10 Å². The van der Waals surface area contributed by atoms with Gasteiger partial charge >= 0.3 is 0 Å². The smallest absolute Gasteiger partial charge is 0.244 e. The minimum Gasteiger partial charge on any atom is -0.329 e. The first-order valence-electron chi connectivity index (χ1n) is 6.56. The van der Waals surface area contributed by atoms with Crippen molar-refractivity contribution >= 4 is 10.0 Å².